The molecule has 0 amide bonds. The van der Waals surface area contributed by atoms with Gasteiger partial charge in [0.1, 0.15) is 10.7 Å². The number of anilines is 2. The van der Waals surface area contributed by atoms with Crippen LogP contribution in [0.4, 0.5) is 24.8 Å². The Morgan fingerprint density at radius 3 is 2.52 bits per heavy atom. The van der Waals surface area contributed by atoms with Crippen molar-refractivity contribution in [1.29, 1.82) is 0 Å². The highest BCUT2D eigenvalue weighted by molar-refractivity contribution is 7.15. The summed E-state index contributed by atoms with van der Waals surface area (Å²) >= 11 is 7.12. The van der Waals surface area contributed by atoms with E-state index in [-0.39, 0.29) is 16.7 Å². The Hall–Kier alpha value is -2.19. The first-order valence-corrected chi connectivity index (χ1v) is 8.34. The van der Waals surface area contributed by atoms with Crippen molar-refractivity contribution in [1.82, 2.24) is 15.0 Å². The van der Waals surface area contributed by atoms with Crippen molar-refractivity contribution < 1.29 is 13.2 Å². The fraction of sp³-hybridized carbons (Fsp3) is 0.188. The molecule has 0 saturated heterocycles. The van der Waals surface area contributed by atoms with Crippen LogP contribution in [0.1, 0.15) is 16.1 Å². The normalized spacial score (nSPS) is 11.6. The van der Waals surface area contributed by atoms with Gasteiger partial charge in [0.15, 0.2) is 0 Å². The Balaban J connectivity index is 1.90. The predicted octanol–water partition coefficient (Wildman–Crippen LogP) is 5.63. The Bertz CT molecular complexity index is 904. The van der Waals surface area contributed by atoms with E-state index in [0.29, 0.717) is 5.69 Å². The fourth-order valence-electron chi connectivity index (χ4n) is 2.07. The van der Waals surface area contributed by atoms with E-state index in [1.165, 1.54) is 29.7 Å². The molecule has 3 aromatic rings. The predicted molar refractivity (Wildman–Crippen MR) is 92.4 cm³/mol. The SMILES string of the molecule is Cc1nc(-c2ccnc(Nc3ccc(Cl)c(C(F)(F)F)c3)n2)sc1C. The number of rotatable bonds is 3. The molecule has 2 heterocycles. The zero-order valence-corrected chi connectivity index (χ0v) is 14.7. The maximum atomic E-state index is 12.9. The number of aryl methyl sites for hydroxylation is 2. The summed E-state index contributed by atoms with van der Waals surface area (Å²) in [6, 6.07) is 5.25. The molecule has 0 radical (unpaired) electrons. The largest absolute Gasteiger partial charge is 0.417 e. The number of nitrogens with one attached hydrogen (secondary N) is 1. The van der Waals surface area contributed by atoms with Gasteiger partial charge in [-0.25, -0.2) is 15.0 Å². The molecule has 0 fully saturated rings. The Morgan fingerprint density at radius 2 is 1.88 bits per heavy atom. The van der Waals surface area contributed by atoms with Crippen molar-refractivity contribution in [3.63, 3.8) is 0 Å². The van der Waals surface area contributed by atoms with E-state index < -0.39 is 11.7 Å². The summed E-state index contributed by atoms with van der Waals surface area (Å²) in [5.74, 6) is 0.179. The van der Waals surface area contributed by atoms with Gasteiger partial charge in [-0.2, -0.15) is 13.2 Å². The van der Waals surface area contributed by atoms with Crippen molar-refractivity contribution in [2.75, 3.05) is 5.32 Å². The molecule has 1 N–H and O–H groups in total. The van der Waals surface area contributed by atoms with Gasteiger partial charge in [0.05, 0.1) is 16.3 Å². The Labute approximate surface area is 150 Å². The molecule has 3 rings (SSSR count). The fourth-order valence-corrected chi connectivity index (χ4v) is 3.18. The van der Waals surface area contributed by atoms with Gasteiger partial charge in [0, 0.05) is 16.8 Å². The van der Waals surface area contributed by atoms with Crippen LogP contribution in [0.2, 0.25) is 5.02 Å². The zero-order valence-electron chi connectivity index (χ0n) is 13.1. The van der Waals surface area contributed by atoms with E-state index >= 15 is 0 Å². The molecule has 0 aliphatic rings. The lowest BCUT2D eigenvalue weighted by Crippen LogP contribution is -2.07. The van der Waals surface area contributed by atoms with Gasteiger partial charge >= 0.3 is 6.18 Å². The van der Waals surface area contributed by atoms with Gasteiger partial charge in [0.25, 0.3) is 0 Å². The second kappa shape index (κ2) is 6.61. The molecule has 1 aromatic carbocycles. The molecule has 0 aliphatic carbocycles. The summed E-state index contributed by atoms with van der Waals surface area (Å²) in [5.41, 5.74) is 0.797. The average Bonchev–Trinajstić information content (AvgIpc) is 2.88. The first-order chi connectivity index (χ1) is 11.7. The van der Waals surface area contributed by atoms with Crippen molar-refractivity contribution in [3.05, 3.63) is 51.6 Å². The lowest BCUT2D eigenvalue weighted by atomic mass is 10.2. The van der Waals surface area contributed by atoms with E-state index in [0.717, 1.165) is 21.6 Å². The molecule has 0 unspecified atom stereocenters. The quantitative estimate of drug-likeness (QED) is 0.635. The van der Waals surface area contributed by atoms with Crippen LogP contribution in [0.3, 0.4) is 0 Å². The maximum Gasteiger partial charge on any atom is 0.417 e. The summed E-state index contributed by atoms with van der Waals surface area (Å²) in [7, 11) is 0. The van der Waals surface area contributed by atoms with Gasteiger partial charge in [-0.3, -0.25) is 0 Å². The number of nitrogens with zero attached hydrogens (tertiary/aromatic N) is 3. The van der Waals surface area contributed by atoms with E-state index in [1.54, 1.807) is 6.07 Å². The summed E-state index contributed by atoms with van der Waals surface area (Å²) in [6.45, 7) is 3.87. The molecule has 0 spiro atoms. The first kappa shape index (κ1) is 17.6. The number of benzene rings is 1. The number of thiazole rings is 1. The molecule has 2 aromatic heterocycles. The molecule has 0 saturated carbocycles. The molecule has 4 nitrogen and oxygen atoms in total. The first-order valence-electron chi connectivity index (χ1n) is 7.15. The van der Waals surface area contributed by atoms with Crippen LogP contribution in [0, 0.1) is 13.8 Å². The average molecular weight is 385 g/mol. The third kappa shape index (κ3) is 3.91. The van der Waals surface area contributed by atoms with E-state index in [9.17, 15) is 13.2 Å². The maximum absolute atomic E-state index is 12.9. The minimum absolute atomic E-state index is 0.179. The third-order valence-corrected chi connectivity index (χ3v) is 4.86. The standard InChI is InChI=1S/C16H12ClF3N4S/c1-8-9(2)25-14(22-8)13-5-6-21-15(24-13)23-10-3-4-12(17)11(7-10)16(18,19)20/h3-7H,1-2H3,(H,21,23,24). The van der Waals surface area contributed by atoms with Gasteiger partial charge < -0.3 is 5.32 Å². The lowest BCUT2D eigenvalue weighted by molar-refractivity contribution is -0.137. The second-order valence-corrected chi connectivity index (χ2v) is 6.85. The van der Waals surface area contributed by atoms with Crippen LogP contribution in [-0.2, 0) is 6.18 Å². The lowest BCUT2D eigenvalue weighted by Gasteiger charge is -2.11. The summed E-state index contributed by atoms with van der Waals surface area (Å²) in [6.07, 6.45) is -3.01. The highest BCUT2D eigenvalue weighted by Crippen LogP contribution is 2.36. The van der Waals surface area contributed by atoms with Crippen molar-refractivity contribution in [3.8, 4) is 10.7 Å². The van der Waals surface area contributed by atoms with Crippen LogP contribution in [0.5, 0.6) is 0 Å². The Morgan fingerprint density at radius 1 is 1.12 bits per heavy atom. The number of hydrogen-bond acceptors (Lipinski definition) is 5. The molecule has 130 valence electrons. The molecular formula is C16H12ClF3N4S. The minimum atomic E-state index is -4.53. The molecule has 0 atom stereocenters. The number of aromatic nitrogens is 3. The number of halogens is 4. The van der Waals surface area contributed by atoms with Gasteiger partial charge in [0.2, 0.25) is 5.95 Å². The van der Waals surface area contributed by atoms with Crippen molar-refractivity contribution >= 4 is 34.6 Å². The van der Waals surface area contributed by atoms with Crippen LogP contribution in [0.15, 0.2) is 30.5 Å². The topological polar surface area (TPSA) is 50.7 Å². The van der Waals surface area contributed by atoms with E-state index in [2.05, 4.69) is 20.3 Å². The summed E-state index contributed by atoms with van der Waals surface area (Å²) < 4.78 is 38.8. The molecule has 0 bridgehead atoms. The van der Waals surface area contributed by atoms with Gasteiger partial charge in [-0.15, -0.1) is 11.3 Å². The molecule has 0 aliphatic heterocycles. The van der Waals surface area contributed by atoms with Crippen LogP contribution < -0.4 is 5.32 Å². The van der Waals surface area contributed by atoms with Crippen LogP contribution >= 0.6 is 22.9 Å². The van der Waals surface area contributed by atoms with Gasteiger partial charge in [-0.05, 0) is 38.1 Å². The molecule has 25 heavy (non-hydrogen) atoms. The van der Waals surface area contributed by atoms with Crippen LogP contribution in [-0.4, -0.2) is 15.0 Å². The van der Waals surface area contributed by atoms with Crippen LogP contribution in [0.25, 0.3) is 10.7 Å². The van der Waals surface area contributed by atoms with E-state index in [1.807, 2.05) is 13.8 Å². The second-order valence-electron chi connectivity index (χ2n) is 5.24. The van der Waals surface area contributed by atoms with E-state index in [4.69, 9.17) is 11.6 Å². The third-order valence-electron chi connectivity index (χ3n) is 3.43. The Kier molecular flexibility index (Phi) is 4.66. The number of hydrogen-bond donors (Lipinski definition) is 1. The van der Waals surface area contributed by atoms with Crippen molar-refractivity contribution in [2.45, 2.75) is 20.0 Å². The smallest absolute Gasteiger partial charge is 0.324 e. The minimum Gasteiger partial charge on any atom is -0.324 e. The molecular weight excluding hydrogens is 373 g/mol. The summed E-state index contributed by atoms with van der Waals surface area (Å²) in [5, 5.41) is 3.14. The monoisotopic (exact) mass is 384 g/mol. The summed E-state index contributed by atoms with van der Waals surface area (Å²) in [4.78, 5) is 13.9. The highest BCUT2D eigenvalue weighted by Gasteiger charge is 2.33. The highest BCUT2D eigenvalue weighted by atomic mass is 35.5. The number of alkyl halides is 3. The van der Waals surface area contributed by atoms with Crippen molar-refractivity contribution in [2.24, 2.45) is 0 Å². The molecule has 9 heteroatoms. The zero-order chi connectivity index (χ0) is 18.2. The van der Waals surface area contributed by atoms with Gasteiger partial charge in [-0.1, -0.05) is 11.6 Å².